The van der Waals surface area contributed by atoms with Gasteiger partial charge < -0.3 is 9.80 Å². The Kier molecular flexibility index (Phi) is 7.90. The Labute approximate surface area is 308 Å². The fraction of sp³-hybridized carbons (Fsp3) is 0.200. The molecule has 0 radical (unpaired) electrons. The Morgan fingerprint density at radius 2 is 1.40 bits per heavy atom. The van der Waals surface area contributed by atoms with Gasteiger partial charge in [-0.05, 0) is 119 Å². The molecular weight excluding hydrogens is 629 g/mol. The molecule has 0 aromatic heterocycles. The van der Waals surface area contributed by atoms with Crippen LogP contribution in [0.4, 0.5) is 17.1 Å². The molecule has 4 aliphatic carbocycles. The topological polar surface area (TPSA) is 6.48 Å². The van der Waals surface area contributed by atoms with Gasteiger partial charge in [-0.25, -0.2) is 0 Å². The first-order valence-corrected chi connectivity index (χ1v) is 19.3. The molecule has 0 N–H and O–H groups in total. The van der Waals surface area contributed by atoms with Crippen molar-refractivity contribution >= 4 is 28.7 Å². The molecule has 4 atom stereocenters. The molecule has 4 unspecified atom stereocenters. The molecule has 0 bridgehead atoms. The highest BCUT2D eigenvalue weighted by atomic mass is 15.2. The predicted molar refractivity (Wildman–Crippen MR) is 218 cm³/mol. The van der Waals surface area contributed by atoms with Gasteiger partial charge in [-0.2, -0.15) is 0 Å². The van der Waals surface area contributed by atoms with Crippen LogP contribution < -0.4 is 9.80 Å². The van der Waals surface area contributed by atoms with Crippen molar-refractivity contribution in [1.29, 1.82) is 0 Å². The summed E-state index contributed by atoms with van der Waals surface area (Å²) in [6.45, 7) is 0. The van der Waals surface area contributed by atoms with E-state index in [0.29, 0.717) is 11.8 Å². The van der Waals surface area contributed by atoms with Crippen LogP contribution in [-0.2, 0) is 12.8 Å². The van der Waals surface area contributed by atoms with E-state index in [-0.39, 0.29) is 12.1 Å². The molecule has 0 spiro atoms. The van der Waals surface area contributed by atoms with Crippen LogP contribution in [0, 0.1) is 0 Å². The third kappa shape index (κ3) is 5.49. The number of fused-ring (bicyclic) bond motifs is 6. The predicted octanol–water partition coefficient (Wildman–Crippen LogP) is 12.4. The van der Waals surface area contributed by atoms with E-state index in [4.69, 9.17) is 0 Å². The van der Waals surface area contributed by atoms with Gasteiger partial charge in [-0.1, -0.05) is 134 Å². The highest BCUT2D eigenvalue weighted by Crippen LogP contribution is 2.56. The molecule has 0 saturated heterocycles. The van der Waals surface area contributed by atoms with Crippen molar-refractivity contribution in [1.82, 2.24) is 0 Å². The van der Waals surface area contributed by atoms with Crippen LogP contribution in [0.5, 0.6) is 0 Å². The number of benzene rings is 5. The van der Waals surface area contributed by atoms with Crippen LogP contribution in [0.15, 0.2) is 170 Å². The molecular formula is C50H44N2. The van der Waals surface area contributed by atoms with Crippen molar-refractivity contribution in [3.05, 3.63) is 209 Å². The minimum atomic E-state index is 0.192. The molecule has 1 aliphatic heterocycles. The van der Waals surface area contributed by atoms with E-state index in [9.17, 15) is 0 Å². The summed E-state index contributed by atoms with van der Waals surface area (Å²) in [7, 11) is 0. The Balaban J connectivity index is 1.03. The van der Waals surface area contributed by atoms with Gasteiger partial charge in [0.15, 0.2) is 0 Å². The molecule has 1 heterocycles. The fourth-order valence-corrected chi connectivity index (χ4v) is 9.42. The monoisotopic (exact) mass is 672 g/mol. The molecule has 0 fully saturated rings. The lowest BCUT2D eigenvalue weighted by Crippen LogP contribution is -2.34. The van der Waals surface area contributed by atoms with Crippen molar-refractivity contribution in [3.8, 4) is 0 Å². The van der Waals surface area contributed by atoms with Gasteiger partial charge in [0.25, 0.3) is 0 Å². The zero-order valence-electron chi connectivity index (χ0n) is 29.6. The summed E-state index contributed by atoms with van der Waals surface area (Å²) < 4.78 is 0. The highest BCUT2D eigenvalue weighted by molar-refractivity contribution is 5.80. The normalized spacial score (nSPS) is 22.5. The minimum Gasteiger partial charge on any atom is -0.335 e. The molecule has 52 heavy (non-hydrogen) atoms. The molecule has 2 heteroatoms. The maximum Gasteiger partial charge on any atom is 0.0702 e. The molecule has 254 valence electrons. The van der Waals surface area contributed by atoms with E-state index in [1.165, 1.54) is 81.8 Å². The van der Waals surface area contributed by atoms with Crippen molar-refractivity contribution in [2.45, 2.75) is 62.4 Å². The zero-order valence-corrected chi connectivity index (χ0v) is 29.6. The van der Waals surface area contributed by atoms with Crippen molar-refractivity contribution in [3.63, 3.8) is 0 Å². The first-order chi connectivity index (χ1) is 25.8. The van der Waals surface area contributed by atoms with E-state index in [0.717, 1.165) is 12.8 Å². The SMILES string of the molecule is C1=CC(N(C2=CCC(c3ccc4c(c3)CCCC4)C=C2)c2ccc3c(c2)C2C(C=C3)c3ccccc3N2c2ccccc2)CC=C1c1ccccc1. The molecule has 0 saturated carbocycles. The summed E-state index contributed by atoms with van der Waals surface area (Å²) in [5.74, 6) is 0.708. The maximum atomic E-state index is 2.61. The third-order valence-electron chi connectivity index (χ3n) is 12.0. The number of hydrogen-bond acceptors (Lipinski definition) is 2. The Morgan fingerprint density at radius 1 is 0.596 bits per heavy atom. The number of rotatable bonds is 6. The van der Waals surface area contributed by atoms with Gasteiger partial charge >= 0.3 is 0 Å². The van der Waals surface area contributed by atoms with Gasteiger partial charge in [-0.15, -0.1) is 0 Å². The molecule has 2 nitrogen and oxygen atoms in total. The lowest BCUT2D eigenvalue weighted by Gasteiger charge is -2.38. The average molecular weight is 673 g/mol. The van der Waals surface area contributed by atoms with Gasteiger partial charge in [0.2, 0.25) is 0 Å². The first kappa shape index (κ1) is 31.2. The summed E-state index contributed by atoms with van der Waals surface area (Å²) in [6, 6.07) is 45.7. The van der Waals surface area contributed by atoms with E-state index in [1.807, 2.05) is 0 Å². The van der Waals surface area contributed by atoms with Crippen LogP contribution in [0.25, 0.3) is 11.6 Å². The average Bonchev–Trinajstić information content (AvgIpc) is 3.57. The molecule has 5 aliphatic rings. The first-order valence-electron chi connectivity index (χ1n) is 19.3. The maximum absolute atomic E-state index is 2.61. The van der Waals surface area contributed by atoms with Crippen LogP contribution in [-0.4, -0.2) is 6.04 Å². The quantitative estimate of drug-likeness (QED) is 0.177. The lowest BCUT2D eigenvalue weighted by molar-refractivity contribution is 0.666. The third-order valence-corrected chi connectivity index (χ3v) is 12.0. The largest absolute Gasteiger partial charge is 0.335 e. The number of para-hydroxylation sites is 2. The number of nitrogens with zero attached hydrogens (tertiary/aromatic N) is 2. The Morgan fingerprint density at radius 3 is 2.21 bits per heavy atom. The molecule has 5 aromatic rings. The molecule has 0 amide bonds. The summed E-state index contributed by atoms with van der Waals surface area (Å²) in [4.78, 5) is 5.19. The number of anilines is 3. The summed E-state index contributed by atoms with van der Waals surface area (Å²) in [5, 5.41) is 0. The smallest absolute Gasteiger partial charge is 0.0702 e. The molecule has 10 rings (SSSR count). The number of allylic oxidation sites excluding steroid dienone is 5. The van der Waals surface area contributed by atoms with Crippen molar-refractivity contribution < 1.29 is 0 Å². The Hall–Kier alpha value is -5.60. The fourth-order valence-electron chi connectivity index (χ4n) is 9.42. The lowest BCUT2D eigenvalue weighted by atomic mass is 9.82. The second-order valence-electron chi connectivity index (χ2n) is 15.0. The Bertz CT molecular complexity index is 2290. The minimum absolute atomic E-state index is 0.192. The summed E-state index contributed by atoms with van der Waals surface area (Å²) >= 11 is 0. The summed E-state index contributed by atoms with van der Waals surface area (Å²) in [5.41, 5.74) is 16.4. The van der Waals surface area contributed by atoms with Crippen LogP contribution in [0.1, 0.15) is 82.5 Å². The second kappa shape index (κ2) is 13.2. The highest BCUT2D eigenvalue weighted by Gasteiger charge is 2.41. The van der Waals surface area contributed by atoms with E-state index in [2.05, 4.69) is 180 Å². The van der Waals surface area contributed by atoms with Crippen molar-refractivity contribution in [2.75, 3.05) is 9.80 Å². The van der Waals surface area contributed by atoms with Crippen LogP contribution >= 0.6 is 0 Å². The van der Waals surface area contributed by atoms with Crippen LogP contribution in [0.3, 0.4) is 0 Å². The number of aryl methyl sites for hydroxylation is 2. The van der Waals surface area contributed by atoms with E-state index in [1.54, 1.807) is 11.1 Å². The van der Waals surface area contributed by atoms with E-state index >= 15 is 0 Å². The van der Waals surface area contributed by atoms with Crippen molar-refractivity contribution in [2.24, 2.45) is 0 Å². The van der Waals surface area contributed by atoms with Gasteiger partial charge in [0.05, 0.1) is 12.1 Å². The second-order valence-corrected chi connectivity index (χ2v) is 15.0. The van der Waals surface area contributed by atoms with Gasteiger partial charge in [-0.3, -0.25) is 0 Å². The van der Waals surface area contributed by atoms with Gasteiger partial charge in [0, 0.05) is 34.6 Å². The zero-order chi connectivity index (χ0) is 34.4. The van der Waals surface area contributed by atoms with Crippen LogP contribution in [0.2, 0.25) is 0 Å². The van der Waals surface area contributed by atoms with E-state index < -0.39 is 0 Å². The summed E-state index contributed by atoms with van der Waals surface area (Å²) in [6.07, 6.45) is 26.4. The molecule has 5 aromatic carbocycles. The van der Waals surface area contributed by atoms with Gasteiger partial charge in [0.1, 0.15) is 0 Å². The number of hydrogen-bond donors (Lipinski definition) is 0. The standard InChI is InChI=1S/C50H44N2/c1-3-11-35(12-4-1)37-21-27-43(28-22-37)51(44-29-23-38(24-30-44)41-20-19-36-13-7-8-14-40(36)33-41)45-31-25-39-26-32-47-46-17-9-10-18-49(46)52(50(47)48(39)34-45)42-15-5-2-6-16-42/h1-6,9-12,15-23,25-27,29-34,38,43,47,50H,7-8,13-14,24,28H2.